The van der Waals surface area contributed by atoms with Crippen LogP contribution in [-0.4, -0.2) is 42.2 Å². The van der Waals surface area contributed by atoms with Gasteiger partial charge in [-0.15, -0.1) is 0 Å². The highest BCUT2D eigenvalue weighted by Crippen LogP contribution is 2.23. The van der Waals surface area contributed by atoms with Crippen LogP contribution in [0, 0.1) is 0 Å². The van der Waals surface area contributed by atoms with E-state index in [1.54, 1.807) is 0 Å². The first-order valence-corrected chi connectivity index (χ1v) is 6.75. The third kappa shape index (κ3) is 5.23. The van der Waals surface area contributed by atoms with Crippen LogP contribution in [0.15, 0.2) is 0 Å². The molecule has 0 aromatic heterocycles. The molecular weight excluding hydrogens is 220 g/mol. The van der Waals surface area contributed by atoms with Crippen molar-refractivity contribution in [2.75, 3.05) is 26.3 Å². The summed E-state index contributed by atoms with van der Waals surface area (Å²) < 4.78 is 5.53. The summed E-state index contributed by atoms with van der Waals surface area (Å²) in [5, 5.41) is 0. The summed E-state index contributed by atoms with van der Waals surface area (Å²) >= 11 is 5.00. The first kappa shape index (κ1) is 13.9. The highest BCUT2D eigenvalue weighted by molar-refractivity contribution is 7.80. The van der Waals surface area contributed by atoms with E-state index in [-0.39, 0.29) is 0 Å². The second-order valence-electron chi connectivity index (χ2n) is 4.49. The van der Waals surface area contributed by atoms with Gasteiger partial charge in [-0.25, -0.2) is 0 Å². The van der Waals surface area contributed by atoms with Crippen molar-refractivity contribution in [2.24, 2.45) is 5.73 Å². The van der Waals surface area contributed by atoms with Gasteiger partial charge in [-0.1, -0.05) is 32.0 Å². The van der Waals surface area contributed by atoms with Gasteiger partial charge in [0.1, 0.15) is 0 Å². The average molecular weight is 244 g/mol. The standard InChI is InChI=1S/C12H24N2OS/c1-2-8-15-9-7-14(10-12(13)16)11-5-3-4-6-11/h11H,2-10H2,1H3,(H2,13,16). The maximum absolute atomic E-state index is 5.64. The highest BCUT2D eigenvalue weighted by atomic mass is 32.1. The molecule has 0 spiro atoms. The van der Waals surface area contributed by atoms with E-state index < -0.39 is 0 Å². The maximum Gasteiger partial charge on any atom is 0.0870 e. The SMILES string of the molecule is CCCOCCN(CC(N)=S)C1CCCC1. The summed E-state index contributed by atoms with van der Waals surface area (Å²) in [6.07, 6.45) is 6.34. The summed E-state index contributed by atoms with van der Waals surface area (Å²) in [6.45, 7) is 5.49. The first-order valence-electron chi connectivity index (χ1n) is 6.34. The van der Waals surface area contributed by atoms with Gasteiger partial charge in [0.25, 0.3) is 0 Å². The van der Waals surface area contributed by atoms with Gasteiger partial charge >= 0.3 is 0 Å². The fourth-order valence-corrected chi connectivity index (χ4v) is 2.45. The van der Waals surface area contributed by atoms with Gasteiger partial charge in [0.05, 0.1) is 11.6 Å². The number of hydrogen-bond donors (Lipinski definition) is 1. The molecule has 0 aromatic rings. The quantitative estimate of drug-likeness (QED) is 0.523. The Morgan fingerprint density at radius 3 is 2.62 bits per heavy atom. The van der Waals surface area contributed by atoms with Crippen LogP contribution in [0.25, 0.3) is 0 Å². The van der Waals surface area contributed by atoms with Crippen LogP contribution in [0.4, 0.5) is 0 Å². The fraction of sp³-hybridized carbons (Fsp3) is 0.917. The molecule has 1 aliphatic carbocycles. The molecule has 1 aliphatic rings. The van der Waals surface area contributed by atoms with E-state index in [9.17, 15) is 0 Å². The monoisotopic (exact) mass is 244 g/mol. The van der Waals surface area contributed by atoms with E-state index >= 15 is 0 Å². The molecule has 2 N–H and O–H groups in total. The Morgan fingerprint density at radius 2 is 2.06 bits per heavy atom. The molecule has 1 saturated carbocycles. The summed E-state index contributed by atoms with van der Waals surface area (Å²) in [6, 6.07) is 0.673. The Hall–Kier alpha value is -0.190. The van der Waals surface area contributed by atoms with Gasteiger partial charge in [-0.2, -0.15) is 0 Å². The number of ether oxygens (including phenoxy) is 1. The Morgan fingerprint density at radius 1 is 1.38 bits per heavy atom. The van der Waals surface area contributed by atoms with Crippen LogP contribution in [0.1, 0.15) is 39.0 Å². The first-order chi connectivity index (χ1) is 7.74. The van der Waals surface area contributed by atoms with Crippen molar-refractivity contribution in [1.29, 1.82) is 0 Å². The topological polar surface area (TPSA) is 38.5 Å². The lowest BCUT2D eigenvalue weighted by Crippen LogP contribution is -2.41. The summed E-state index contributed by atoms with van der Waals surface area (Å²) in [7, 11) is 0. The Bertz CT molecular complexity index is 205. The third-order valence-corrected chi connectivity index (χ3v) is 3.20. The fourth-order valence-electron chi connectivity index (χ4n) is 2.29. The summed E-state index contributed by atoms with van der Waals surface area (Å²) in [5.74, 6) is 0. The second kappa shape index (κ2) is 7.98. The van der Waals surface area contributed by atoms with Gasteiger partial charge in [0.15, 0.2) is 0 Å². The van der Waals surface area contributed by atoms with Crippen molar-refractivity contribution in [2.45, 2.75) is 45.1 Å². The molecule has 0 radical (unpaired) electrons. The number of nitrogens with two attached hydrogens (primary N) is 1. The van der Waals surface area contributed by atoms with Crippen LogP contribution in [0.2, 0.25) is 0 Å². The van der Waals surface area contributed by atoms with E-state index in [0.29, 0.717) is 11.0 Å². The Kier molecular flexibility index (Phi) is 6.92. The van der Waals surface area contributed by atoms with Crippen molar-refractivity contribution in [3.05, 3.63) is 0 Å². The van der Waals surface area contributed by atoms with Gasteiger partial charge in [0, 0.05) is 25.7 Å². The molecule has 0 atom stereocenters. The maximum atomic E-state index is 5.64. The zero-order chi connectivity index (χ0) is 11.8. The Balaban J connectivity index is 2.28. The molecule has 0 unspecified atom stereocenters. The van der Waals surface area contributed by atoms with Crippen LogP contribution in [-0.2, 0) is 4.74 Å². The predicted octanol–water partition coefficient (Wildman–Crippen LogP) is 1.94. The van der Waals surface area contributed by atoms with Gasteiger partial charge in [0.2, 0.25) is 0 Å². The van der Waals surface area contributed by atoms with Crippen LogP contribution in [0.5, 0.6) is 0 Å². The molecule has 94 valence electrons. The molecule has 1 rings (SSSR count). The van der Waals surface area contributed by atoms with Crippen LogP contribution in [0.3, 0.4) is 0 Å². The Labute approximate surface area is 104 Å². The molecular formula is C12H24N2OS. The molecule has 3 nitrogen and oxygen atoms in total. The minimum absolute atomic E-state index is 0.599. The highest BCUT2D eigenvalue weighted by Gasteiger charge is 2.22. The lowest BCUT2D eigenvalue weighted by atomic mass is 10.2. The van der Waals surface area contributed by atoms with Crippen molar-refractivity contribution in [3.8, 4) is 0 Å². The van der Waals surface area contributed by atoms with Crippen LogP contribution >= 0.6 is 12.2 Å². The summed E-state index contributed by atoms with van der Waals surface area (Å²) in [4.78, 5) is 2.99. The molecule has 0 heterocycles. The van der Waals surface area contributed by atoms with Gasteiger partial charge < -0.3 is 10.5 Å². The van der Waals surface area contributed by atoms with E-state index in [0.717, 1.165) is 32.7 Å². The molecule has 0 amide bonds. The van der Waals surface area contributed by atoms with E-state index in [1.807, 2.05) is 0 Å². The van der Waals surface area contributed by atoms with Gasteiger partial charge in [-0.05, 0) is 19.3 Å². The molecule has 0 bridgehead atoms. The largest absolute Gasteiger partial charge is 0.392 e. The molecule has 16 heavy (non-hydrogen) atoms. The van der Waals surface area contributed by atoms with Crippen molar-refractivity contribution < 1.29 is 4.74 Å². The number of rotatable bonds is 8. The van der Waals surface area contributed by atoms with Crippen molar-refractivity contribution in [1.82, 2.24) is 4.90 Å². The molecule has 4 heteroatoms. The zero-order valence-electron chi connectivity index (χ0n) is 10.3. The predicted molar refractivity (Wildman–Crippen MR) is 71.7 cm³/mol. The van der Waals surface area contributed by atoms with Gasteiger partial charge in [-0.3, -0.25) is 4.90 Å². The second-order valence-corrected chi connectivity index (χ2v) is 5.01. The molecule has 0 aliphatic heterocycles. The molecule has 0 aromatic carbocycles. The van der Waals surface area contributed by atoms with E-state index in [1.165, 1.54) is 25.7 Å². The number of nitrogens with zero attached hydrogens (tertiary/aromatic N) is 1. The lowest BCUT2D eigenvalue weighted by Gasteiger charge is -2.28. The smallest absolute Gasteiger partial charge is 0.0870 e. The van der Waals surface area contributed by atoms with E-state index in [4.69, 9.17) is 22.7 Å². The zero-order valence-corrected chi connectivity index (χ0v) is 11.1. The minimum atomic E-state index is 0.599. The average Bonchev–Trinajstić information content (AvgIpc) is 2.75. The van der Waals surface area contributed by atoms with Crippen molar-refractivity contribution >= 4 is 17.2 Å². The normalized spacial score (nSPS) is 17.1. The van der Waals surface area contributed by atoms with Crippen molar-refractivity contribution in [3.63, 3.8) is 0 Å². The van der Waals surface area contributed by atoms with Crippen LogP contribution < -0.4 is 5.73 Å². The summed E-state index contributed by atoms with van der Waals surface area (Å²) in [5.41, 5.74) is 5.64. The lowest BCUT2D eigenvalue weighted by molar-refractivity contribution is 0.0950. The third-order valence-electron chi connectivity index (χ3n) is 3.07. The van der Waals surface area contributed by atoms with E-state index in [2.05, 4.69) is 11.8 Å². The molecule has 1 fully saturated rings. The minimum Gasteiger partial charge on any atom is -0.392 e. The number of hydrogen-bond acceptors (Lipinski definition) is 3. The number of thiocarbonyl (C=S) groups is 1. The molecule has 0 saturated heterocycles.